The van der Waals surface area contributed by atoms with Crippen molar-refractivity contribution in [2.45, 2.75) is 33.9 Å². The summed E-state index contributed by atoms with van der Waals surface area (Å²) in [4.78, 5) is 6.57. The van der Waals surface area contributed by atoms with Crippen molar-refractivity contribution in [2.75, 3.05) is 13.1 Å². The third-order valence-electron chi connectivity index (χ3n) is 4.06. The Kier molecular flexibility index (Phi) is 6.29. The summed E-state index contributed by atoms with van der Waals surface area (Å²) >= 11 is 0. The summed E-state index contributed by atoms with van der Waals surface area (Å²) in [5, 5.41) is 0. The minimum absolute atomic E-state index is 0.154. The van der Waals surface area contributed by atoms with Crippen molar-refractivity contribution in [3.8, 4) is 11.5 Å². The van der Waals surface area contributed by atoms with Gasteiger partial charge in [0.15, 0.2) is 0 Å². The SMILES string of the molecule is CCN(C=Nc1cc(C)c(Oc2cccc(C(F)(F)F)c2)cc1C)CC. The lowest BCUT2D eigenvalue weighted by Gasteiger charge is -2.15. The molecule has 0 heterocycles. The van der Waals surface area contributed by atoms with Crippen molar-refractivity contribution in [1.29, 1.82) is 0 Å². The third-order valence-corrected chi connectivity index (χ3v) is 4.06. The van der Waals surface area contributed by atoms with E-state index in [4.69, 9.17) is 4.74 Å². The highest BCUT2D eigenvalue weighted by Gasteiger charge is 2.30. The molecule has 6 heteroatoms. The molecule has 0 aliphatic rings. The standard InChI is InChI=1S/C20H23F3N2O/c1-5-25(6-2)13-24-18-10-15(4)19(11-14(18)3)26-17-9-7-8-16(12-17)20(21,22)23/h7-13H,5-6H2,1-4H3. The van der Waals surface area contributed by atoms with E-state index in [9.17, 15) is 13.2 Å². The molecule has 0 aliphatic heterocycles. The minimum atomic E-state index is -4.40. The molecule has 0 unspecified atom stereocenters. The molecule has 0 fully saturated rings. The Bertz CT molecular complexity index is 781. The molecule has 0 aromatic heterocycles. The van der Waals surface area contributed by atoms with E-state index in [1.54, 1.807) is 12.4 Å². The van der Waals surface area contributed by atoms with Gasteiger partial charge in [-0.1, -0.05) is 6.07 Å². The van der Waals surface area contributed by atoms with E-state index in [1.165, 1.54) is 12.1 Å². The van der Waals surface area contributed by atoms with Gasteiger partial charge in [0.25, 0.3) is 0 Å². The van der Waals surface area contributed by atoms with Crippen LogP contribution >= 0.6 is 0 Å². The second-order valence-corrected chi connectivity index (χ2v) is 6.00. The highest BCUT2D eigenvalue weighted by molar-refractivity contribution is 5.65. The predicted molar refractivity (Wildman–Crippen MR) is 98.5 cm³/mol. The van der Waals surface area contributed by atoms with Crippen molar-refractivity contribution in [3.05, 3.63) is 53.1 Å². The fraction of sp³-hybridized carbons (Fsp3) is 0.350. The molecular formula is C20H23F3N2O. The van der Waals surface area contributed by atoms with Gasteiger partial charge in [-0.05, 0) is 69.2 Å². The molecule has 0 atom stereocenters. The zero-order valence-corrected chi connectivity index (χ0v) is 15.4. The maximum atomic E-state index is 12.8. The lowest BCUT2D eigenvalue weighted by molar-refractivity contribution is -0.137. The van der Waals surface area contributed by atoms with Crippen LogP contribution in [0.25, 0.3) is 0 Å². The molecule has 0 amide bonds. The van der Waals surface area contributed by atoms with Crippen LogP contribution in [0.4, 0.5) is 18.9 Å². The van der Waals surface area contributed by atoms with E-state index < -0.39 is 11.7 Å². The summed E-state index contributed by atoms with van der Waals surface area (Å²) in [7, 11) is 0. The van der Waals surface area contributed by atoms with Crippen LogP contribution in [0.15, 0.2) is 41.4 Å². The monoisotopic (exact) mass is 364 g/mol. The average Bonchev–Trinajstić information content (AvgIpc) is 2.59. The number of alkyl halides is 3. The Morgan fingerprint density at radius 3 is 2.35 bits per heavy atom. The molecule has 0 spiro atoms. The molecule has 140 valence electrons. The van der Waals surface area contributed by atoms with E-state index in [2.05, 4.69) is 23.7 Å². The first-order chi connectivity index (χ1) is 12.2. The number of rotatable bonds is 6. The summed E-state index contributed by atoms with van der Waals surface area (Å²) in [6.07, 6.45) is -2.59. The van der Waals surface area contributed by atoms with Gasteiger partial charge in [0, 0.05) is 13.1 Å². The van der Waals surface area contributed by atoms with Gasteiger partial charge in [0.05, 0.1) is 17.6 Å². The molecule has 0 bridgehead atoms. The Labute approximate surface area is 152 Å². The normalized spacial score (nSPS) is 11.8. The Morgan fingerprint density at radius 2 is 1.73 bits per heavy atom. The molecule has 26 heavy (non-hydrogen) atoms. The minimum Gasteiger partial charge on any atom is -0.457 e. The molecule has 2 aromatic rings. The van der Waals surface area contributed by atoms with E-state index in [-0.39, 0.29) is 5.75 Å². The van der Waals surface area contributed by atoms with Crippen molar-refractivity contribution in [2.24, 2.45) is 4.99 Å². The molecule has 0 aliphatic carbocycles. The molecule has 0 radical (unpaired) electrons. The maximum absolute atomic E-state index is 12.8. The van der Waals surface area contributed by atoms with Gasteiger partial charge in [0.1, 0.15) is 11.5 Å². The van der Waals surface area contributed by atoms with Crippen LogP contribution < -0.4 is 4.74 Å². The first-order valence-electron chi connectivity index (χ1n) is 8.49. The Morgan fingerprint density at radius 1 is 1.04 bits per heavy atom. The number of aryl methyl sites for hydroxylation is 2. The Hall–Kier alpha value is -2.50. The number of hydrogen-bond donors (Lipinski definition) is 0. The second kappa shape index (κ2) is 8.25. The molecule has 2 aromatic carbocycles. The van der Waals surface area contributed by atoms with E-state index >= 15 is 0 Å². The smallest absolute Gasteiger partial charge is 0.416 e. The number of benzene rings is 2. The van der Waals surface area contributed by atoms with Gasteiger partial charge in [-0.2, -0.15) is 13.2 Å². The van der Waals surface area contributed by atoms with Crippen LogP contribution in [0, 0.1) is 13.8 Å². The summed E-state index contributed by atoms with van der Waals surface area (Å²) in [5.41, 5.74) is 1.77. The number of aliphatic imine (C=N–C) groups is 1. The Balaban J connectivity index is 2.26. The van der Waals surface area contributed by atoms with Crippen LogP contribution in [0.5, 0.6) is 11.5 Å². The second-order valence-electron chi connectivity index (χ2n) is 6.00. The van der Waals surface area contributed by atoms with Gasteiger partial charge in [-0.25, -0.2) is 4.99 Å². The van der Waals surface area contributed by atoms with Crippen LogP contribution in [0.3, 0.4) is 0 Å². The van der Waals surface area contributed by atoms with Crippen molar-refractivity contribution in [3.63, 3.8) is 0 Å². The summed E-state index contributed by atoms with van der Waals surface area (Å²) < 4.78 is 44.2. The van der Waals surface area contributed by atoms with Gasteiger partial charge in [0.2, 0.25) is 0 Å². The molecule has 0 saturated heterocycles. The third kappa shape index (κ3) is 5.00. The molecule has 0 saturated carbocycles. The number of halogens is 3. The average molecular weight is 364 g/mol. The largest absolute Gasteiger partial charge is 0.457 e. The predicted octanol–water partition coefficient (Wildman–Crippen LogP) is 6.12. The van der Waals surface area contributed by atoms with E-state index in [0.717, 1.165) is 42.0 Å². The first kappa shape index (κ1) is 19.8. The van der Waals surface area contributed by atoms with Gasteiger partial charge in [-0.3, -0.25) is 0 Å². The fourth-order valence-electron chi connectivity index (χ4n) is 2.42. The lowest BCUT2D eigenvalue weighted by atomic mass is 10.1. The van der Waals surface area contributed by atoms with Crippen molar-refractivity contribution in [1.82, 2.24) is 4.90 Å². The zero-order valence-electron chi connectivity index (χ0n) is 15.4. The number of ether oxygens (including phenoxy) is 1. The van der Waals surface area contributed by atoms with Crippen LogP contribution in [0.1, 0.15) is 30.5 Å². The first-order valence-corrected chi connectivity index (χ1v) is 8.49. The van der Waals surface area contributed by atoms with Gasteiger partial charge in [-0.15, -0.1) is 0 Å². The quantitative estimate of drug-likeness (QED) is 0.456. The summed E-state index contributed by atoms with van der Waals surface area (Å²) in [6, 6.07) is 8.54. The van der Waals surface area contributed by atoms with Crippen LogP contribution in [0.2, 0.25) is 0 Å². The fourth-order valence-corrected chi connectivity index (χ4v) is 2.42. The summed E-state index contributed by atoms with van der Waals surface area (Å²) in [6.45, 7) is 9.59. The topological polar surface area (TPSA) is 24.8 Å². The van der Waals surface area contributed by atoms with Crippen LogP contribution in [-0.2, 0) is 6.18 Å². The molecule has 0 N–H and O–H groups in total. The van der Waals surface area contributed by atoms with Crippen LogP contribution in [-0.4, -0.2) is 24.3 Å². The highest BCUT2D eigenvalue weighted by atomic mass is 19.4. The number of hydrogen-bond acceptors (Lipinski definition) is 2. The van der Waals surface area contributed by atoms with Crippen molar-refractivity contribution >= 4 is 12.0 Å². The molecule has 3 nitrogen and oxygen atoms in total. The van der Waals surface area contributed by atoms with Gasteiger partial charge < -0.3 is 9.64 Å². The van der Waals surface area contributed by atoms with Crippen molar-refractivity contribution < 1.29 is 17.9 Å². The maximum Gasteiger partial charge on any atom is 0.416 e. The van der Waals surface area contributed by atoms with Gasteiger partial charge >= 0.3 is 6.18 Å². The van der Waals surface area contributed by atoms with E-state index in [1.807, 2.05) is 19.9 Å². The van der Waals surface area contributed by atoms with E-state index in [0.29, 0.717) is 5.75 Å². The molecular weight excluding hydrogens is 341 g/mol. The lowest BCUT2D eigenvalue weighted by Crippen LogP contribution is -2.20. The zero-order chi connectivity index (χ0) is 19.3. The highest BCUT2D eigenvalue weighted by Crippen LogP contribution is 2.35. The number of nitrogens with zero attached hydrogens (tertiary/aromatic N) is 2. The summed E-state index contributed by atoms with van der Waals surface area (Å²) in [5.74, 6) is 0.672. The molecule has 2 rings (SSSR count).